The Kier molecular flexibility index (Phi) is 11.6. The number of rotatable bonds is 14. The molecule has 8 nitrogen and oxygen atoms in total. The predicted octanol–water partition coefficient (Wildman–Crippen LogP) is 5.03. The van der Waals surface area contributed by atoms with Gasteiger partial charge in [-0.3, -0.25) is 8.75 Å². The van der Waals surface area contributed by atoms with Gasteiger partial charge in [-0.2, -0.15) is 8.42 Å². The van der Waals surface area contributed by atoms with Crippen LogP contribution in [0.3, 0.4) is 0 Å². The van der Waals surface area contributed by atoms with Gasteiger partial charge in [-0.15, -0.1) is 0 Å². The van der Waals surface area contributed by atoms with E-state index in [2.05, 4.69) is 0 Å². The van der Waals surface area contributed by atoms with E-state index >= 15 is 0 Å². The molecule has 0 aliphatic carbocycles. The first-order valence-electron chi connectivity index (χ1n) is 11.1. The lowest BCUT2D eigenvalue weighted by molar-refractivity contribution is -0.167. The van der Waals surface area contributed by atoms with Gasteiger partial charge < -0.3 is 18.5 Å². The monoisotopic (exact) mass is 490 g/mol. The lowest BCUT2D eigenvalue weighted by Crippen LogP contribution is -2.25. The Hall–Kier alpha value is -1.06. The van der Waals surface area contributed by atoms with Crippen LogP contribution in [0.15, 0.2) is 41.1 Å². The summed E-state index contributed by atoms with van der Waals surface area (Å²) in [4.78, 5) is 0.110. The smallest absolute Gasteiger partial charge is 0.353 e. The largest absolute Gasteiger partial charge is 0.353 e. The van der Waals surface area contributed by atoms with Crippen LogP contribution in [-0.4, -0.2) is 47.7 Å². The molecule has 0 N–H and O–H groups in total. The number of aryl methyl sites for hydroxylation is 1. The number of benzene rings is 1. The van der Waals surface area contributed by atoms with Crippen molar-refractivity contribution in [2.45, 2.75) is 57.6 Å². The standard InChI is InChI=1S/C22H35O8PS/c1-4-28-31(23,29-5-2)17-14-20(18-27-22-8-6-7-15-26-22)13-16-30-32(24,25)21-11-9-19(3)10-12-21/h9-12,14,17,20,22H,4-8,13,15-16,18H2,1-3H3/b17-14+/t20-,22+/m1/s1. The highest BCUT2D eigenvalue weighted by molar-refractivity contribution is 7.86. The third kappa shape index (κ3) is 9.43. The maximum atomic E-state index is 12.7. The van der Waals surface area contributed by atoms with Crippen LogP contribution >= 0.6 is 7.60 Å². The van der Waals surface area contributed by atoms with Crippen molar-refractivity contribution < 1.29 is 35.7 Å². The molecule has 0 spiro atoms. The van der Waals surface area contributed by atoms with Gasteiger partial charge in [0.05, 0.1) is 31.3 Å². The van der Waals surface area contributed by atoms with E-state index in [1.54, 1.807) is 32.1 Å². The lowest BCUT2D eigenvalue weighted by atomic mass is 10.1. The van der Waals surface area contributed by atoms with Crippen LogP contribution in [0.2, 0.25) is 0 Å². The van der Waals surface area contributed by atoms with Crippen LogP contribution in [-0.2, 0) is 37.4 Å². The van der Waals surface area contributed by atoms with E-state index in [4.69, 9.17) is 22.7 Å². The van der Waals surface area contributed by atoms with E-state index in [0.29, 0.717) is 13.0 Å². The Labute approximate surface area is 191 Å². The van der Waals surface area contributed by atoms with Crippen LogP contribution in [0, 0.1) is 12.8 Å². The molecule has 1 heterocycles. The molecule has 182 valence electrons. The van der Waals surface area contributed by atoms with Gasteiger partial charge in [0, 0.05) is 18.3 Å². The summed E-state index contributed by atoms with van der Waals surface area (Å²) in [7, 11) is -7.24. The summed E-state index contributed by atoms with van der Waals surface area (Å²) in [5.41, 5.74) is 0.962. The molecular weight excluding hydrogens is 455 g/mol. The molecule has 0 saturated carbocycles. The number of hydrogen-bond donors (Lipinski definition) is 0. The average molecular weight is 491 g/mol. The Balaban J connectivity index is 2.01. The summed E-state index contributed by atoms with van der Waals surface area (Å²) in [6.07, 6.45) is 4.60. The summed E-state index contributed by atoms with van der Waals surface area (Å²) >= 11 is 0. The molecule has 1 fully saturated rings. The first kappa shape index (κ1) is 27.2. The minimum absolute atomic E-state index is 0.0479. The second-order valence-electron chi connectivity index (χ2n) is 7.48. The van der Waals surface area contributed by atoms with Gasteiger partial charge in [-0.1, -0.05) is 23.8 Å². The van der Waals surface area contributed by atoms with Gasteiger partial charge in [-0.25, -0.2) is 0 Å². The number of hydrogen-bond acceptors (Lipinski definition) is 8. The Morgan fingerprint density at radius 1 is 1.16 bits per heavy atom. The molecule has 1 aromatic carbocycles. The molecule has 2 atom stereocenters. The molecule has 32 heavy (non-hydrogen) atoms. The van der Waals surface area contributed by atoms with Crippen molar-refractivity contribution in [2.24, 2.45) is 5.92 Å². The SMILES string of the molecule is CCOP(=O)(/C=C/[C@@H](CCOS(=O)(=O)c1ccc(C)cc1)CO[C@H]1CCCCO1)OCC. The van der Waals surface area contributed by atoms with Gasteiger partial charge >= 0.3 is 7.60 Å². The van der Waals surface area contributed by atoms with Crippen molar-refractivity contribution in [3.63, 3.8) is 0 Å². The van der Waals surface area contributed by atoms with Crippen molar-refractivity contribution in [1.29, 1.82) is 0 Å². The van der Waals surface area contributed by atoms with Crippen LogP contribution < -0.4 is 0 Å². The highest BCUT2D eigenvalue weighted by Gasteiger charge is 2.22. The zero-order valence-electron chi connectivity index (χ0n) is 19.1. The first-order valence-corrected chi connectivity index (χ1v) is 14.1. The van der Waals surface area contributed by atoms with Gasteiger partial charge in [0.15, 0.2) is 6.29 Å². The van der Waals surface area contributed by atoms with Crippen LogP contribution in [0.25, 0.3) is 0 Å². The quantitative estimate of drug-likeness (QED) is 0.265. The summed E-state index contributed by atoms with van der Waals surface area (Å²) < 4.78 is 64.9. The van der Waals surface area contributed by atoms with Crippen molar-refractivity contribution >= 4 is 17.7 Å². The summed E-state index contributed by atoms with van der Waals surface area (Å²) in [5, 5.41) is 0. The van der Waals surface area contributed by atoms with Crippen molar-refractivity contribution in [1.82, 2.24) is 0 Å². The van der Waals surface area contributed by atoms with Gasteiger partial charge in [0.25, 0.3) is 10.1 Å². The molecule has 1 aliphatic heterocycles. The fourth-order valence-corrected chi connectivity index (χ4v) is 5.44. The molecule has 1 saturated heterocycles. The van der Waals surface area contributed by atoms with E-state index < -0.39 is 17.7 Å². The van der Waals surface area contributed by atoms with E-state index in [-0.39, 0.29) is 43.5 Å². The van der Waals surface area contributed by atoms with Crippen molar-refractivity contribution in [3.05, 3.63) is 41.7 Å². The minimum Gasteiger partial charge on any atom is -0.353 e. The maximum absolute atomic E-state index is 12.7. The van der Waals surface area contributed by atoms with E-state index in [9.17, 15) is 13.0 Å². The Bertz CT molecular complexity index is 837. The third-order valence-electron chi connectivity index (χ3n) is 4.83. The Morgan fingerprint density at radius 2 is 1.84 bits per heavy atom. The molecule has 2 rings (SSSR count). The molecule has 0 aromatic heterocycles. The van der Waals surface area contributed by atoms with Crippen molar-refractivity contribution in [3.8, 4) is 0 Å². The topological polar surface area (TPSA) is 97.4 Å². The van der Waals surface area contributed by atoms with Gasteiger partial charge in [0.1, 0.15) is 0 Å². The highest BCUT2D eigenvalue weighted by Crippen LogP contribution is 2.49. The fraction of sp³-hybridized carbons (Fsp3) is 0.636. The molecule has 0 radical (unpaired) electrons. The molecular formula is C22H35O8PS. The molecule has 1 aromatic rings. The summed E-state index contributed by atoms with van der Waals surface area (Å²) in [6, 6.07) is 6.48. The molecule has 0 amide bonds. The maximum Gasteiger partial charge on any atom is 0.353 e. The molecule has 1 aliphatic rings. The predicted molar refractivity (Wildman–Crippen MR) is 122 cm³/mol. The lowest BCUT2D eigenvalue weighted by Gasteiger charge is -2.24. The minimum atomic E-state index is -3.86. The Morgan fingerprint density at radius 3 is 2.44 bits per heavy atom. The van der Waals surface area contributed by atoms with Crippen LogP contribution in [0.1, 0.15) is 45.1 Å². The summed E-state index contributed by atoms with van der Waals surface area (Å²) in [5.74, 6) is 1.16. The first-order chi connectivity index (χ1) is 15.3. The highest BCUT2D eigenvalue weighted by atomic mass is 32.2. The van der Waals surface area contributed by atoms with Gasteiger partial charge in [0.2, 0.25) is 0 Å². The van der Waals surface area contributed by atoms with Gasteiger partial charge in [-0.05, 0) is 58.6 Å². The molecule has 0 unspecified atom stereocenters. The van der Waals surface area contributed by atoms with E-state index in [1.165, 1.54) is 17.9 Å². The normalized spacial score (nSPS) is 18.8. The van der Waals surface area contributed by atoms with Crippen LogP contribution in [0.5, 0.6) is 0 Å². The second kappa shape index (κ2) is 13.6. The average Bonchev–Trinajstić information content (AvgIpc) is 2.76. The van der Waals surface area contributed by atoms with E-state index in [1.807, 2.05) is 6.92 Å². The second-order valence-corrected chi connectivity index (χ2v) is 11.0. The molecule has 0 bridgehead atoms. The fourth-order valence-electron chi connectivity index (χ4n) is 3.10. The zero-order valence-corrected chi connectivity index (χ0v) is 20.8. The van der Waals surface area contributed by atoms with Crippen molar-refractivity contribution in [2.75, 3.05) is 33.0 Å². The zero-order chi connectivity index (χ0) is 23.5. The summed E-state index contributed by atoms with van der Waals surface area (Å²) in [6.45, 7) is 6.74. The molecule has 10 heteroatoms. The third-order valence-corrected chi connectivity index (χ3v) is 7.93. The van der Waals surface area contributed by atoms with Crippen LogP contribution in [0.4, 0.5) is 0 Å². The van der Waals surface area contributed by atoms with E-state index in [0.717, 1.165) is 24.8 Å². The number of ether oxygens (including phenoxy) is 2.